The molecule has 0 aliphatic rings. The molecule has 0 radical (unpaired) electrons. The summed E-state index contributed by atoms with van der Waals surface area (Å²) >= 11 is 0. The molecule has 0 saturated carbocycles. The number of rotatable bonds is 6. The summed E-state index contributed by atoms with van der Waals surface area (Å²) in [5.74, 6) is 0.805. The molecule has 0 aliphatic carbocycles. The van der Waals surface area contributed by atoms with Crippen LogP contribution in [0.5, 0.6) is 11.5 Å². The van der Waals surface area contributed by atoms with Gasteiger partial charge in [-0.1, -0.05) is 0 Å². The summed E-state index contributed by atoms with van der Waals surface area (Å²) in [5, 5.41) is 5.07. The van der Waals surface area contributed by atoms with Crippen molar-refractivity contribution in [3.8, 4) is 11.5 Å². The van der Waals surface area contributed by atoms with E-state index in [1.165, 1.54) is 7.11 Å². The molecule has 1 amide bonds. The minimum atomic E-state index is -0.459. The molecule has 1 aromatic carbocycles. The van der Waals surface area contributed by atoms with Crippen LogP contribution in [0.4, 0.5) is 0 Å². The molecular formula is C16H19N3O5. The molecule has 0 bridgehead atoms. The minimum absolute atomic E-state index is 0.280. The van der Waals surface area contributed by atoms with E-state index in [2.05, 4.69) is 10.4 Å². The number of carbonyl (C=O) groups excluding carboxylic acids is 1. The summed E-state index contributed by atoms with van der Waals surface area (Å²) in [7, 11) is 3.08. The van der Waals surface area contributed by atoms with Gasteiger partial charge >= 0.3 is 0 Å². The summed E-state index contributed by atoms with van der Waals surface area (Å²) in [6.45, 7) is 1.51. The van der Waals surface area contributed by atoms with Crippen molar-refractivity contribution in [3.05, 3.63) is 56.6 Å². The van der Waals surface area contributed by atoms with E-state index in [0.717, 1.165) is 22.4 Å². The van der Waals surface area contributed by atoms with E-state index in [0.29, 0.717) is 11.5 Å². The van der Waals surface area contributed by atoms with Crippen molar-refractivity contribution in [3.63, 3.8) is 0 Å². The number of hydrogen-bond donors (Lipinski definition) is 2. The number of aromatic nitrogens is 2. The molecular weight excluding hydrogens is 314 g/mol. The maximum atomic E-state index is 12.1. The van der Waals surface area contributed by atoms with E-state index in [4.69, 9.17) is 9.47 Å². The van der Waals surface area contributed by atoms with Crippen molar-refractivity contribution >= 4 is 5.91 Å². The van der Waals surface area contributed by atoms with Crippen LogP contribution in [0.25, 0.3) is 0 Å². The Hall–Kier alpha value is -3.03. The van der Waals surface area contributed by atoms with Crippen LogP contribution in [0.3, 0.4) is 0 Å². The first-order chi connectivity index (χ1) is 11.4. The highest BCUT2D eigenvalue weighted by atomic mass is 16.5. The number of methoxy groups -OCH3 is 2. The molecule has 2 aromatic rings. The maximum absolute atomic E-state index is 12.1. The molecule has 8 heteroatoms. The predicted octanol–water partition coefficient (Wildman–Crippen LogP) is 0.431. The molecule has 128 valence electrons. The second-order valence-electron chi connectivity index (χ2n) is 5.13. The number of hydrogen-bond acceptors (Lipinski definition) is 5. The van der Waals surface area contributed by atoms with Crippen molar-refractivity contribution in [2.45, 2.75) is 19.5 Å². The Balaban J connectivity index is 2.13. The van der Waals surface area contributed by atoms with Gasteiger partial charge in [0.25, 0.3) is 11.1 Å². The molecule has 24 heavy (non-hydrogen) atoms. The van der Waals surface area contributed by atoms with Gasteiger partial charge in [0.2, 0.25) is 5.91 Å². The highest BCUT2D eigenvalue weighted by Crippen LogP contribution is 2.29. The molecule has 2 rings (SSSR count). The lowest BCUT2D eigenvalue weighted by Gasteiger charge is -2.18. The predicted molar refractivity (Wildman–Crippen MR) is 87.4 cm³/mol. The van der Waals surface area contributed by atoms with Crippen LogP contribution in [-0.4, -0.2) is 29.9 Å². The first-order valence-corrected chi connectivity index (χ1v) is 7.26. The third-order valence-electron chi connectivity index (χ3n) is 3.47. The van der Waals surface area contributed by atoms with Gasteiger partial charge < -0.3 is 14.8 Å². The number of amides is 1. The van der Waals surface area contributed by atoms with Crippen LogP contribution >= 0.6 is 0 Å². The van der Waals surface area contributed by atoms with Gasteiger partial charge in [-0.3, -0.25) is 19.5 Å². The number of nitrogens with zero attached hydrogens (tertiary/aromatic N) is 1. The molecule has 0 fully saturated rings. The Kier molecular flexibility index (Phi) is 5.41. The molecule has 1 aromatic heterocycles. The maximum Gasteiger partial charge on any atom is 0.265 e. The van der Waals surface area contributed by atoms with Gasteiger partial charge in [-0.25, -0.2) is 4.68 Å². The van der Waals surface area contributed by atoms with Gasteiger partial charge in [0.15, 0.2) is 0 Å². The van der Waals surface area contributed by atoms with Crippen LogP contribution in [0.15, 0.2) is 39.9 Å². The van der Waals surface area contributed by atoms with Crippen LogP contribution < -0.4 is 25.9 Å². The molecule has 0 unspecified atom stereocenters. The number of H-pyrrole nitrogens is 1. The lowest BCUT2D eigenvalue weighted by molar-refractivity contribution is -0.122. The molecule has 1 heterocycles. The average molecular weight is 333 g/mol. The zero-order valence-electron chi connectivity index (χ0n) is 13.7. The Bertz CT molecular complexity index is 840. The molecule has 0 spiro atoms. The van der Waals surface area contributed by atoms with Crippen LogP contribution in [0, 0.1) is 0 Å². The van der Waals surface area contributed by atoms with Gasteiger partial charge in [-0.2, -0.15) is 0 Å². The monoisotopic (exact) mass is 333 g/mol. The number of aromatic amines is 1. The van der Waals surface area contributed by atoms with Gasteiger partial charge in [0.1, 0.15) is 18.0 Å². The molecule has 1 atom stereocenters. The standard InChI is InChI=1S/C16H19N3O5/c1-10(12-5-4-11(23-2)8-13(12)24-3)17-15(21)9-19-16(22)7-6-14(20)18-19/h4-8,10H,9H2,1-3H3,(H,17,21)(H,18,20)/t10-/m0/s1. The fourth-order valence-electron chi connectivity index (χ4n) is 2.26. The molecule has 0 aliphatic heterocycles. The van der Waals surface area contributed by atoms with Crippen LogP contribution in [0.1, 0.15) is 18.5 Å². The van der Waals surface area contributed by atoms with Crippen molar-refractivity contribution in [1.29, 1.82) is 0 Å². The summed E-state index contributed by atoms with van der Waals surface area (Å²) in [6.07, 6.45) is 0. The number of benzene rings is 1. The topological polar surface area (TPSA) is 102 Å². The minimum Gasteiger partial charge on any atom is -0.497 e. The molecule has 0 saturated heterocycles. The summed E-state index contributed by atoms with van der Waals surface area (Å²) in [5.41, 5.74) is -0.146. The van der Waals surface area contributed by atoms with Crippen LogP contribution in [0.2, 0.25) is 0 Å². The van der Waals surface area contributed by atoms with E-state index >= 15 is 0 Å². The third kappa shape index (κ3) is 4.03. The van der Waals surface area contributed by atoms with Crippen molar-refractivity contribution in [2.75, 3.05) is 14.2 Å². The van der Waals surface area contributed by atoms with Crippen LogP contribution in [-0.2, 0) is 11.3 Å². The first kappa shape index (κ1) is 17.3. The van der Waals surface area contributed by atoms with Gasteiger partial charge in [-0.05, 0) is 19.1 Å². The fourth-order valence-corrected chi connectivity index (χ4v) is 2.26. The number of carbonyl (C=O) groups is 1. The lowest BCUT2D eigenvalue weighted by Crippen LogP contribution is -2.36. The van der Waals surface area contributed by atoms with Crippen molar-refractivity contribution in [2.24, 2.45) is 0 Å². The quantitative estimate of drug-likeness (QED) is 0.798. The normalized spacial score (nSPS) is 11.6. The van der Waals surface area contributed by atoms with E-state index in [1.807, 2.05) is 0 Å². The Morgan fingerprint density at radius 2 is 1.96 bits per heavy atom. The second-order valence-corrected chi connectivity index (χ2v) is 5.13. The van der Waals surface area contributed by atoms with Gasteiger partial charge in [-0.15, -0.1) is 0 Å². The van der Waals surface area contributed by atoms with E-state index in [1.54, 1.807) is 32.2 Å². The Morgan fingerprint density at radius 3 is 2.62 bits per heavy atom. The average Bonchev–Trinajstić information content (AvgIpc) is 2.57. The molecule has 8 nitrogen and oxygen atoms in total. The fraction of sp³-hybridized carbons (Fsp3) is 0.312. The largest absolute Gasteiger partial charge is 0.497 e. The highest BCUT2D eigenvalue weighted by molar-refractivity contribution is 5.76. The van der Waals surface area contributed by atoms with E-state index in [9.17, 15) is 14.4 Å². The van der Waals surface area contributed by atoms with E-state index < -0.39 is 17.0 Å². The van der Waals surface area contributed by atoms with Crippen molar-refractivity contribution in [1.82, 2.24) is 15.1 Å². The smallest absolute Gasteiger partial charge is 0.265 e. The highest BCUT2D eigenvalue weighted by Gasteiger charge is 2.15. The lowest BCUT2D eigenvalue weighted by atomic mass is 10.1. The third-order valence-corrected chi connectivity index (χ3v) is 3.47. The first-order valence-electron chi connectivity index (χ1n) is 7.26. The summed E-state index contributed by atoms with van der Waals surface area (Å²) in [4.78, 5) is 35.0. The van der Waals surface area contributed by atoms with Crippen molar-refractivity contribution < 1.29 is 14.3 Å². The van der Waals surface area contributed by atoms with Gasteiger partial charge in [0, 0.05) is 23.8 Å². The zero-order chi connectivity index (χ0) is 17.7. The second kappa shape index (κ2) is 7.49. The SMILES string of the molecule is COc1ccc([C@H](C)NC(=O)Cn2[nH]c(=O)ccc2=O)c(OC)c1. The number of ether oxygens (including phenoxy) is 2. The van der Waals surface area contributed by atoms with E-state index in [-0.39, 0.29) is 12.6 Å². The Labute approximate surface area is 138 Å². The number of nitrogens with one attached hydrogen (secondary N) is 2. The van der Waals surface area contributed by atoms with Gasteiger partial charge in [0.05, 0.1) is 20.3 Å². The Morgan fingerprint density at radius 1 is 1.21 bits per heavy atom. The molecule has 2 N–H and O–H groups in total. The zero-order valence-corrected chi connectivity index (χ0v) is 13.7. The summed E-state index contributed by atoms with van der Waals surface area (Å²) < 4.78 is 11.4. The summed E-state index contributed by atoms with van der Waals surface area (Å²) in [6, 6.07) is 7.14.